The van der Waals surface area contributed by atoms with E-state index in [9.17, 15) is 14.3 Å². The molecule has 1 unspecified atom stereocenters. The van der Waals surface area contributed by atoms with E-state index in [-0.39, 0.29) is 11.6 Å². The van der Waals surface area contributed by atoms with Crippen LogP contribution in [0.15, 0.2) is 36.4 Å². The summed E-state index contributed by atoms with van der Waals surface area (Å²) in [7, 11) is 0. The number of aromatic hydroxyl groups is 1. The molecule has 21 heavy (non-hydrogen) atoms. The zero-order valence-corrected chi connectivity index (χ0v) is 11.8. The molecule has 0 bridgehead atoms. The molecule has 2 aromatic rings. The van der Waals surface area contributed by atoms with E-state index in [1.165, 1.54) is 12.1 Å². The van der Waals surface area contributed by atoms with Crippen LogP contribution in [0.4, 0.5) is 4.39 Å². The molecule has 0 spiro atoms. The number of carbonyl (C=O) groups is 1. The van der Waals surface area contributed by atoms with Gasteiger partial charge in [-0.1, -0.05) is 23.7 Å². The van der Waals surface area contributed by atoms with Crippen LogP contribution in [0, 0.1) is 5.82 Å². The number of fused-ring (bicyclic) bond motifs is 1. The molecular formula is C16H13ClFNO2. The molecule has 2 aromatic carbocycles. The summed E-state index contributed by atoms with van der Waals surface area (Å²) < 4.78 is 13.3. The van der Waals surface area contributed by atoms with Crippen molar-refractivity contribution >= 4 is 17.5 Å². The van der Waals surface area contributed by atoms with E-state index in [1.807, 2.05) is 12.1 Å². The second-order valence-electron chi connectivity index (χ2n) is 5.04. The molecule has 1 aliphatic carbocycles. The van der Waals surface area contributed by atoms with Gasteiger partial charge in [-0.05, 0) is 48.2 Å². The molecule has 0 aliphatic heterocycles. The van der Waals surface area contributed by atoms with Crippen molar-refractivity contribution in [1.82, 2.24) is 5.32 Å². The Morgan fingerprint density at radius 1 is 1.33 bits per heavy atom. The van der Waals surface area contributed by atoms with E-state index in [1.54, 1.807) is 6.07 Å². The van der Waals surface area contributed by atoms with Gasteiger partial charge in [0.25, 0.3) is 5.91 Å². The van der Waals surface area contributed by atoms with Crippen molar-refractivity contribution in [2.24, 2.45) is 0 Å². The van der Waals surface area contributed by atoms with E-state index in [2.05, 4.69) is 5.32 Å². The number of rotatable bonds is 2. The Labute approximate surface area is 126 Å². The zero-order chi connectivity index (χ0) is 15.0. The first kappa shape index (κ1) is 13.9. The van der Waals surface area contributed by atoms with Gasteiger partial charge in [0.1, 0.15) is 0 Å². The lowest BCUT2D eigenvalue weighted by Crippen LogP contribution is -2.27. The highest BCUT2D eigenvalue weighted by Gasteiger charge is 2.25. The summed E-state index contributed by atoms with van der Waals surface area (Å²) in [6.07, 6.45) is 1.59. The average Bonchev–Trinajstić information content (AvgIpc) is 2.84. The number of benzene rings is 2. The van der Waals surface area contributed by atoms with Gasteiger partial charge >= 0.3 is 0 Å². The van der Waals surface area contributed by atoms with Gasteiger partial charge in [-0.15, -0.1) is 0 Å². The fourth-order valence-corrected chi connectivity index (χ4v) is 2.87. The summed E-state index contributed by atoms with van der Waals surface area (Å²) in [4.78, 5) is 12.2. The highest BCUT2D eigenvalue weighted by molar-refractivity contribution is 6.30. The number of aryl methyl sites for hydroxylation is 1. The van der Waals surface area contributed by atoms with Crippen molar-refractivity contribution in [1.29, 1.82) is 0 Å². The lowest BCUT2D eigenvalue weighted by atomic mass is 10.1. The quantitative estimate of drug-likeness (QED) is 0.890. The van der Waals surface area contributed by atoms with Crippen LogP contribution in [-0.4, -0.2) is 11.0 Å². The second-order valence-corrected chi connectivity index (χ2v) is 5.48. The maximum absolute atomic E-state index is 13.3. The molecule has 0 fully saturated rings. The normalized spacial score (nSPS) is 16.6. The molecule has 0 aromatic heterocycles. The van der Waals surface area contributed by atoms with E-state index in [4.69, 9.17) is 11.6 Å². The third kappa shape index (κ3) is 2.59. The molecule has 0 heterocycles. The number of carbonyl (C=O) groups excluding carboxylic acids is 1. The maximum atomic E-state index is 13.3. The first-order valence-electron chi connectivity index (χ1n) is 6.63. The molecule has 1 amide bonds. The smallest absolute Gasteiger partial charge is 0.255 e. The van der Waals surface area contributed by atoms with Crippen molar-refractivity contribution in [2.45, 2.75) is 18.9 Å². The summed E-state index contributed by atoms with van der Waals surface area (Å²) in [5.41, 5.74) is 2.07. The minimum atomic E-state index is -0.804. The molecule has 108 valence electrons. The van der Waals surface area contributed by atoms with Gasteiger partial charge in [-0.25, -0.2) is 4.39 Å². The number of halogens is 2. The van der Waals surface area contributed by atoms with Crippen LogP contribution in [0.2, 0.25) is 5.02 Å². The van der Waals surface area contributed by atoms with Gasteiger partial charge in [-0.3, -0.25) is 4.79 Å². The van der Waals surface area contributed by atoms with Gasteiger partial charge in [0.05, 0.1) is 11.6 Å². The fourth-order valence-electron chi connectivity index (χ4n) is 2.67. The first-order valence-corrected chi connectivity index (χ1v) is 7.00. The molecule has 0 saturated carbocycles. The molecule has 5 heteroatoms. The summed E-state index contributed by atoms with van der Waals surface area (Å²) in [5.74, 6) is -1.91. The fraction of sp³-hybridized carbons (Fsp3) is 0.188. The first-order chi connectivity index (χ1) is 10.1. The number of para-hydroxylation sites is 1. The number of hydrogen-bond acceptors (Lipinski definition) is 2. The van der Waals surface area contributed by atoms with Crippen LogP contribution in [0.25, 0.3) is 0 Å². The molecule has 0 radical (unpaired) electrons. The molecule has 0 saturated heterocycles. The Morgan fingerprint density at radius 2 is 2.14 bits per heavy atom. The van der Waals surface area contributed by atoms with E-state index in [0.717, 1.165) is 30.0 Å². The van der Waals surface area contributed by atoms with Crippen molar-refractivity contribution < 1.29 is 14.3 Å². The topological polar surface area (TPSA) is 49.3 Å². The van der Waals surface area contributed by atoms with Crippen LogP contribution in [0.1, 0.15) is 33.9 Å². The summed E-state index contributed by atoms with van der Waals surface area (Å²) in [5, 5.41) is 13.1. The standard InChI is InChI=1S/C16H13ClFNO2/c17-10-5-6-11-9(8-10)4-7-14(11)19-16(21)12-2-1-3-13(18)15(12)20/h1-3,5-6,8,14,20H,4,7H2,(H,19,21). The van der Waals surface area contributed by atoms with Crippen LogP contribution in [-0.2, 0) is 6.42 Å². The predicted octanol–water partition coefficient (Wildman–Crippen LogP) is 3.60. The van der Waals surface area contributed by atoms with Gasteiger partial charge < -0.3 is 10.4 Å². The molecular weight excluding hydrogens is 293 g/mol. The van der Waals surface area contributed by atoms with Gasteiger partial charge in [0, 0.05) is 5.02 Å². The molecule has 2 N–H and O–H groups in total. The monoisotopic (exact) mass is 305 g/mol. The van der Waals surface area contributed by atoms with Crippen LogP contribution in [0.3, 0.4) is 0 Å². The van der Waals surface area contributed by atoms with Gasteiger partial charge in [0.2, 0.25) is 0 Å². The highest BCUT2D eigenvalue weighted by atomic mass is 35.5. The molecule has 3 rings (SSSR count). The van der Waals surface area contributed by atoms with Crippen molar-refractivity contribution in [3.63, 3.8) is 0 Å². The Morgan fingerprint density at radius 3 is 2.95 bits per heavy atom. The van der Waals surface area contributed by atoms with Crippen LogP contribution in [0.5, 0.6) is 5.75 Å². The van der Waals surface area contributed by atoms with Crippen LogP contribution >= 0.6 is 11.6 Å². The number of nitrogens with one attached hydrogen (secondary N) is 1. The van der Waals surface area contributed by atoms with E-state index in [0.29, 0.717) is 5.02 Å². The zero-order valence-electron chi connectivity index (χ0n) is 11.1. The summed E-state index contributed by atoms with van der Waals surface area (Å²) in [6.45, 7) is 0. The molecule has 1 atom stereocenters. The number of phenolic OH excluding ortho intramolecular Hbond substituents is 1. The maximum Gasteiger partial charge on any atom is 0.255 e. The number of phenols is 1. The lowest BCUT2D eigenvalue weighted by Gasteiger charge is -2.15. The SMILES string of the molecule is O=C(NC1CCc2cc(Cl)ccc21)c1cccc(F)c1O. The number of hydrogen-bond donors (Lipinski definition) is 2. The Hall–Kier alpha value is -2.07. The van der Waals surface area contributed by atoms with Crippen molar-refractivity contribution in [2.75, 3.05) is 0 Å². The largest absolute Gasteiger partial charge is 0.504 e. The Bertz CT molecular complexity index is 717. The molecule has 3 nitrogen and oxygen atoms in total. The third-order valence-corrected chi connectivity index (χ3v) is 3.95. The van der Waals surface area contributed by atoms with Crippen LogP contribution < -0.4 is 5.32 Å². The summed E-state index contributed by atoms with van der Waals surface area (Å²) >= 11 is 5.95. The molecule has 1 aliphatic rings. The minimum Gasteiger partial charge on any atom is -0.504 e. The van der Waals surface area contributed by atoms with E-state index >= 15 is 0 Å². The van der Waals surface area contributed by atoms with Gasteiger partial charge in [-0.2, -0.15) is 0 Å². The van der Waals surface area contributed by atoms with Gasteiger partial charge in [0.15, 0.2) is 11.6 Å². The minimum absolute atomic E-state index is 0.0580. The van der Waals surface area contributed by atoms with Crippen molar-refractivity contribution in [3.8, 4) is 5.75 Å². The second kappa shape index (κ2) is 5.37. The average molecular weight is 306 g/mol. The summed E-state index contributed by atoms with van der Waals surface area (Å²) in [6, 6.07) is 9.32. The highest BCUT2D eigenvalue weighted by Crippen LogP contribution is 2.33. The van der Waals surface area contributed by atoms with Crippen molar-refractivity contribution in [3.05, 3.63) is 63.9 Å². The lowest BCUT2D eigenvalue weighted by molar-refractivity contribution is 0.0933. The number of amides is 1. The Balaban J connectivity index is 1.83. The third-order valence-electron chi connectivity index (χ3n) is 3.72. The Kier molecular flexibility index (Phi) is 3.55. The van der Waals surface area contributed by atoms with E-state index < -0.39 is 17.5 Å². The predicted molar refractivity (Wildman–Crippen MR) is 78.0 cm³/mol.